The lowest BCUT2D eigenvalue weighted by molar-refractivity contribution is -0.156. The second-order valence-corrected chi connectivity index (χ2v) is 3.70. The van der Waals surface area contributed by atoms with Gasteiger partial charge >= 0.3 is 5.97 Å². The number of nitrogens with one attached hydrogen (secondary N) is 1. The Morgan fingerprint density at radius 2 is 1.81 bits per heavy atom. The topological polar surface area (TPSA) is 58.6 Å². The standard InChI is InChI=1S/C10H20N2O3.ClH/c1-7(2)15-10(14)8(3)12(5)9(13)6-11-4;/h7-8,11H,6H2,1-5H3;1H. The third-order valence-electron chi connectivity index (χ3n) is 2.00. The largest absolute Gasteiger partial charge is 0.461 e. The summed E-state index contributed by atoms with van der Waals surface area (Å²) >= 11 is 0. The van der Waals surface area contributed by atoms with E-state index < -0.39 is 6.04 Å². The van der Waals surface area contributed by atoms with Crippen LogP contribution >= 0.6 is 12.4 Å². The fourth-order valence-electron chi connectivity index (χ4n) is 0.981. The third kappa shape index (κ3) is 5.92. The smallest absolute Gasteiger partial charge is 0.328 e. The van der Waals surface area contributed by atoms with Crippen LogP contribution < -0.4 is 5.32 Å². The number of likely N-dealkylation sites (N-methyl/N-ethyl adjacent to an activating group) is 2. The summed E-state index contributed by atoms with van der Waals surface area (Å²) in [5.74, 6) is -0.511. The minimum Gasteiger partial charge on any atom is -0.461 e. The van der Waals surface area contributed by atoms with E-state index in [-0.39, 0.29) is 36.9 Å². The van der Waals surface area contributed by atoms with E-state index in [0.29, 0.717) is 0 Å². The van der Waals surface area contributed by atoms with E-state index in [0.717, 1.165) is 0 Å². The molecule has 1 atom stereocenters. The van der Waals surface area contributed by atoms with Crippen LogP contribution in [0.4, 0.5) is 0 Å². The Kier molecular flexibility index (Phi) is 9.18. The van der Waals surface area contributed by atoms with Crippen LogP contribution in [0.25, 0.3) is 0 Å². The Hall–Kier alpha value is -0.810. The van der Waals surface area contributed by atoms with E-state index in [2.05, 4.69) is 5.32 Å². The number of rotatable bonds is 5. The first kappa shape index (κ1) is 17.6. The number of amides is 1. The summed E-state index contributed by atoms with van der Waals surface area (Å²) in [6.45, 7) is 5.42. The van der Waals surface area contributed by atoms with Crippen LogP contribution in [-0.4, -0.2) is 49.6 Å². The maximum absolute atomic E-state index is 11.5. The van der Waals surface area contributed by atoms with E-state index >= 15 is 0 Å². The second-order valence-electron chi connectivity index (χ2n) is 3.70. The average Bonchev–Trinajstić information content (AvgIpc) is 2.14. The molecule has 5 nitrogen and oxygen atoms in total. The predicted molar refractivity (Wildman–Crippen MR) is 64.6 cm³/mol. The lowest BCUT2D eigenvalue weighted by atomic mass is 10.3. The normalized spacial score (nSPS) is 11.6. The summed E-state index contributed by atoms with van der Waals surface area (Å²) in [5.41, 5.74) is 0. The van der Waals surface area contributed by atoms with Gasteiger partial charge in [0.2, 0.25) is 5.91 Å². The molecule has 0 spiro atoms. The Labute approximate surface area is 103 Å². The molecule has 0 aromatic heterocycles. The van der Waals surface area contributed by atoms with Gasteiger partial charge in [0, 0.05) is 7.05 Å². The molecule has 0 bridgehead atoms. The van der Waals surface area contributed by atoms with Crippen molar-refractivity contribution in [1.82, 2.24) is 10.2 Å². The molecule has 0 radical (unpaired) electrons. The highest BCUT2D eigenvalue weighted by atomic mass is 35.5. The van der Waals surface area contributed by atoms with E-state index in [1.165, 1.54) is 4.90 Å². The zero-order valence-corrected chi connectivity index (χ0v) is 11.3. The van der Waals surface area contributed by atoms with Crippen molar-refractivity contribution < 1.29 is 14.3 Å². The van der Waals surface area contributed by atoms with E-state index in [1.54, 1.807) is 34.9 Å². The summed E-state index contributed by atoms with van der Waals surface area (Å²) in [6.07, 6.45) is -0.159. The van der Waals surface area contributed by atoms with Crippen molar-refractivity contribution in [2.24, 2.45) is 0 Å². The number of hydrogen-bond donors (Lipinski definition) is 1. The van der Waals surface area contributed by atoms with Gasteiger partial charge in [0.1, 0.15) is 6.04 Å². The van der Waals surface area contributed by atoms with Crippen molar-refractivity contribution in [2.75, 3.05) is 20.6 Å². The fourth-order valence-corrected chi connectivity index (χ4v) is 0.981. The lowest BCUT2D eigenvalue weighted by Gasteiger charge is -2.24. The number of halogens is 1. The fraction of sp³-hybridized carbons (Fsp3) is 0.800. The zero-order valence-electron chi connectivity index (χ0n) is 10.4. The lowest BCUT2D eigenvalue weighted by Crippen LogP contribution is -2.44. The first-order valence-corrected chi connectivity index (χ1v) is 5.00. The van der Waals surface area contributed by atoms with Gasteiger partial charge in [-0.3, -0.25) is 4.79 Å². The van der Waals surface area contributed by atoms with Gasteiger partial charge in [-0.25, -0.2) is 4.79 Å². The molecule has 6 heteroatoms. The number of carbonyl (C=O) groups excluding carboxylic acids is 2. The van der Waals surface area contributed by atoms with Gasteiger partial charge in [-0.2, -0.15) is 0 Å². The monoisotopic (exact) mass is 252 g/mol. The summed E-state index contributed by atoms with van der Waals surface area (Å²) in [4.78, 5) is 24.3. The Bertz CT molecular complexity index is 234. The second kappa shape index (κ2) is 8.35. The molecule has 0 aromatic carbocycles. The van der Waals surface area contributed by atoms with E-state index in [9.17, 15) is 9.59 Å². The molecule has 16 heavy (non-hydrogen) atoms. The SMILES string of the molecule is CNCC(=O)N(C)C(C)C(=O)OC(C)C.Cl. The van der Waals surface area contributed by atoms with Crippen molar-refractivity contribution in [3.63, 3.8) is 0 Å². The number of nitrogens with zero attached hydrogens (tertiary/aromatic N) is 1. The molecule has 0 heterocycles. The number of ether oxygens (including phenoxy) is 1. The van der Waals surface area contributed by atoms with Crippen LogP contribution in [0, 0.1) is 0 Å². The summed E-state index contributed by atoms with van der Waals surface area (Å²) < 4.78 is 5.01. The molecular weight excluding hydrogens is 232 g/mol. The van der Waals surface area contributed by atoms with Crippen molar-refractivity contribution in [1.29, 1.82) is 0 Å². The van der Waals surface area contributed by atoms with Gasteiger partial charge < -0.3 is 15.0 Å². The molecule has 0 aliphatic heterocycles. The molecular formula is C10H21ClN2O3. The maximum atomic E-state index is 11.5. The van der Waals surface area contributed by atoms with Crippen LogP contribution in [0.5, 0.6) is 0 Å². The molecule has 0 aliphatic carbocycles. The number of hydrogen-bond acceptors (Lipinski definition) is 4. The summed E-state index contributed by atoms with van der Waals surface area (Å²) in [6, 6.07) is -0.548. The van der Waals surface area contributed by atoms with Gasteiger partial charge in [0.25, 0.3) is 0 Å². The van der Waals surface area contributed by atoms with Gasteiger partial charge in [0.05, 0.1) is 12.6 Å². The first-order valence-electron chi connectivity index (χ1n) is 5.00. The van der Waals surface area contributed by atoms with E-state index in [1.807, 2.05) is 0 Å². The number of esters is 1. The van der Waals surface area contributed by atoms with Gasteiger partial charge in [-0.05, 0) is 27.8 Å². The molecule has 0 aromatic rings. The van der Waals surface area contributed by atoms with Crippen molar-refractivity contribution in [3.05, 3.63) is 0 Å². The highest BCUT2D eigenvalue weighted by Gasteiger charge is 2.23. The minimum absolute atomic E-state index is 0. The summed E-state index contributed by atoms with van der Waals surface area (Å²) in [5, 5.41) is 2.74. The van der Waals surface area contributed by atoms with Gasteiger partial charge in [-0.1, -0.05) is 0 Å². The third-order valence-corrected chi connectivity index (χ3v) is 2.00. The molecule has 0 saturated carbocycles. The maximum Gasteiger partial charge on any atom is 0.328 e. The van der Waals surface area contributed by atoms with Crippen molar-refractivity contribution in [2.45, 2.75) is 32.9 Å². The molecule has 1 unspecified atom stereocenters. The average molecular weight is 253 g/mol. The van der Waals surface area contributed by atoms with Crippen molar-refractivity contribution in [3.8, 4) is 0 Å². The Balaban J connectivity index is 0. The van der Waals surface area contributed by atoms with Gasteiger partial charge in [-0.15, -0.1) is 12.4 Å². The van der Waals surface area contributed by atoms with Crippen LogP contribution in [0.1, 0.15) is 20.8 Å². The Morgan fingerprint density at radius 1 is 1.31 bits per heavy atom. The Morgan fingerprint density at radius 3 is 2.19 bits per heavy atom. The van der Waals surface area contributed by atoms with Crippen LogP contribution in [0.2, 0.25) is 0 Å². The highest BCUT2D eigenvalue weighted by molar-refractivity contribution is 5.85. The zero-order chi connectivity index (χ0) is 12.0. The quantitative estimate of drug-likeness (QED) is 0.721. The predicted octanol–water partition coefficient (Wildman–Crippen LogP) is 0.426. The van der Waals surface area contributed by atoms with Crippen LogP contribution in [0.15, 0.2) is 0 Å². The number of carbonyl (C=O) groups is 2. The molecule has 0 rings (SSSR count). The summed E-state index contributed by atoms with van der Waals surface area (Å²) in [7, 11) is 3.27. The first-order chi connectivity index (χ1) is 6.90. The minimum atomic E-state index is -0.548. The molecule has 96 valence electrons. The van der Waals surface area contributed by atoms with Crippen molar-refractivity contribution >= 4 is 24.3 Å². The molecule has 1 amide bonds. The van der Waals surface area contributed by atoms with Crippen LogP contribution in [-0.2, 0) is 14.3 Å². The van der Waals surface area contributed by atoms with Gasteiger partial charge in [0.15, 0.2) is 0 Å². The molecule has 0 aliphatic rings. The van der Waals surface area contributed by atoms with E-state index in [4.69, 9.17) is 4.74 Å². The molecule has 0 fully saturated rings. The molecule has 0 saturated heterocycles. The molecule has 1 N–H and O–H groups in total. The van der Waals surface area contributed by atoms with Crippen LogP contribution in [0.3, 0.4) is 0 Å². The highest BCUT2D eigenvalue weighted by Crippen LogP contribution is 2.01.